The molecule has 3 rings (SSSR count). The fraction of sp³-hybridized carbons (Fsp3) is 0.571. The van der Waals surface area contributed by atoms with Crippen molar-refractivity contribution in [3.63, 3.8) is 0 Å². The van der Waals surface area contributed by atoms with Crippen molar-refractivity contribution in [3.8, 4) is 0 Å². The summed E-state index contributed by atoms with van der Waals surface area (Å²) >= 11 is 0. The number of nitrogens with one attached hydrogen (secondary N) is 1. The molecule has 1 aliphatic rings. The van der Waals surface area contributed by atoms with Gasteiger partial charge in [0, 0.05) is 44.3 Å². The minimum Gasteiger partial charge on any atom is -0.347 e. The first-order chi connectivity index (χ1) is 10.9. The lowest BCUT2D eigenvalue weighted by atomic mass is 10.2. The predicted octanol–water partition coefficient (Wildman–Crippen LogP) is 0.864. The number of H-pyrrole nitrogens is 1. The Balaban J connectivity index is 1.85. The molecule has 1 aliphatic heterocycles. The molecule has 2 aromatic rings. The van der Waals surface area contributed by atoms with Gasteiger partial charge in [-0.3, -0.25) is 4.90 Å². The van der Waals surface area contributed by atoms with Crippen LogP contribution in [0.5, 0.6) is 0 Å². The second kappa shape index (κ2) is 6.06. The van der Waals surface area contributed by atoms with Gasteiger partial charge in [0.25, 0.3) is 10.0 Å². The van der Waals surface area contributed by atoms with Crippen molar-refractivity contribution in [1.29, 1.82) is 0 Å². The molecule has 126 valence electrons. The molecule has 1 saturated heterocycles. The molecular formula is C14H22N6O2S. The van der Waals surface area contributed by atoms with Crippen LogP contribution in [0.15, 0.2) is 29.9 Å². The van der Waals surface area contributed by atoms with Crippen LogP contribution in [0.25, 0.3) is 0 Å². The summed E-state index contributed by atoms with van der Waals surface area (Å²) < 4.78 is 29.0. The summed E-state index contributed by atoms with van der Waals surface area (Å²) in [5.74, 6) is 0.778. The third-order valence-electron chi connectivity index (χ3n) is 4.22. The highest BCUT2D eigenvalue weighted by molar-refractivity contribution is 7.89. The van der Waals surface area contributed by atoms with Crippen molar-refractivity contribution in [2.75, 3.05) is 26.7 Å². The molecule has 2 aromatic heterocycles. The Bertz CT molecular complexity index is 752. The average molecular weight is 338 g/mol. The Morgan fingerprint density at radius 2 is 2.09 bits per heavy atom. The topological polar surface area (TPSA) is 87.1 Å². The second-order valence-corrected chi connectivity index (χ2v) is 7.97. The number of likely N-dealkylation sites (N-methyl/N-ethyl adjacent to an activating group) is 1. The molecule has 23 heavy (non-hydrogen) atoms. The standard InChI is InChI=1S/C14H22N6O2S/c1-11(2)19-9-13(17-10-19)23(21,22)20-7-6-18(3)12(8-20)14-15-4-5-16-14/h4-5,9-12H,6-8H2,1-3H3,(H,15,16)/t12-/m1/s1. The van der Waals surface area contributed by atoms with Crippen LogP contribution in [0.1, 0.15) is 31.8 Å². The largest absolute Gasteiger partial charge is 0.347 e. The molecule has 3 heterocycles. The first kappa shape index (κ1) is 16.2. The van der Waals surface area contributed by atoms with Crippen molar-refractivity contribution < 1.29 is 8.42 Å². The smallest absolute Gasteiger partial charge is 0.262 e. The highest BCUT2D eigenvalue weighted by atomic mass is 32.2. The molecule has 0 radical (unpaired) electrons. The Kier molecular flexibility index (Phi) is 4.26. The van der Waals surface area contributed by atoms with E-state index in [1.165, 1.54) is 4.31 Å². The maximum Gasteiger partial charge on any atom is 0.262 e. The Morgan fingerprint density at radius 3 is 2.70 bits per heavy atom. The zero-order valence-corrected chi connectivity index (χ0v) is 14.4. The minimum atomic E-state index is -3.59. The van der Waals surface area contributed by atoms with Crippen LogP contribution in [-0.4, -0.2) is 63.8 Å². The van der Waals surface area contributed by atoms with E-state index in [4.69, 9.17) is 0 Å². The van der Waals surface area contributed by atoms with E-state index in [2.05, 4.69) is 19.9 Å². The number of imidazole rings is 2. The number of aromatic nitrogens is 4. The van der Waals surface area contributed by atoms with Gasteiger partial charge in [0.05, 0.1) is 12.4 Å². The zero-order valence-electron chi connectivity index (χ0n) is 13.5. The molecule has 0 saturated carbocycles. The van der Waals surface area contributed by atoms with Crippen LogP contribution < -0.4 is 0 Å². The summed E-state index contributed by atoms with van der Waals surface area (Å²) in [6.07, 6.45) is 6.60. The van der Waals surface area contributed by atoms with Crippen LogP contribution in [0, 0.1) is 0 Å². The molecular weight excluding hydrogens is 316 g/mol. The third-order valence-corrected chi connectivity index (χ3v) is 5.97. The van der Waals surface area contributed by atoms with Gasteiger partial charge in [-0.15, -0.1) is 0 Å². The molecule has 8 nitrogen and oxygen atoms in total. The lowest BCUT2D eigenvalue weighted by Crippen LogP contribution is -2.49. The van der Waals surface area contributed by atoms with Crippen LogP contribution in [-0.2, 0) is 10.0 Å². The molecule has 0 spiro atoms. The number of hydrogen-bond donors (Lipinski definition) is 1. The van der Waals surface area contributed by atoms with E-state index < -0.39 is 10.0 Å². The summed E-state index contributed by atoms with van der Waals surface area (Å²) in [6, 6.07) is 0.0931. The van der Waals surface area contributed by atoms with E-state index in [1.807, 2.05) is 20.9 Å². The summed E-state index contributed by atoms with van der Waals surface area (Å²) in [7, 11) is -1.61. The molecule has 0 amide bonds. The van der Waals surface area contributed by atoms with Gasteiger partial charge in [0.1, 0.15) is 5.82 Å². The lowest BCUT2D eigenvalue weighted by Gasteiger charge is -2.37. The SMILES string of the molecule is CC(C)n1cnc(S(=O)(=O)N2CCN(C)[C@@H](c3ncc[nH]3)C2)c1. The maximum atomic E-state index is 12.8. The maximum absolute atomic E-state index is 12.8. The van der Waals surface area contributed by atoms with Gasteiger partial charge in [-0.25, -0.2) is 18.4 Å². The second-order valence-electron chi connectivity index (χ2n) is 6.09. The van der Waals surface area contributed by atoms with Crippen LogP contribution >= 0.6 is 0 Å². The Labute approximate surface area is 136 Å². The van der Waals surface area contributed by atoms with Crippen LogP contribution in [0.2, 0.25) is 0 Å². The predicted molar refractivity (Wildman–Crippen MR) is 85.3 cm³/mol. The third kappa shape index (κ3) is 3.04. The van der Waals surface area contributed by atoms with E-state index in [1.54, 1.807) is 29.5 Å². The van der Waals surface area contributed by atoms with Gasteiger partial charge in [-0.1, -0.05) is 0 Å². The van der Waals surface area contributed by atoms with Crippen molar-refractivity contribution in [2.45, 2.75) is 31.0 Å². The van der Waals surface area contributed by atoms with Crippen LogP contribution in [0.4, 0.5) is 0 Å². The van der Waals surface area contributed by atoms with Crippen molar-refractivity contribution >= 4 is 10.0 Å². The molecule has 9 heteroatoms. The quantitative estimate of drug-likeness (QED) is 0.893. The van der Waals surface area contributed by atoms with E-state index in [-0.39, 0.29) is 17.1 Å². The number of piperazine rings is 1. The highest BCUT2D eigenvalue weighted by Crippen LogP contribution is 2.25. The number of hydrogen-bond acceptors (Lipinski definition) is 5. The number of nitrogens with zero attached hydrogens (tertiary/aromatic N) is 5. The molecule has 0 unspecified atom stereocenters. The van der Waals surface area contributed by atoms with Gasteiger partial charge in [0.15, 0.2) is 5.03 Å². The fourth-order valence-electron chi connectivity index (χ4n) is 2.69. The molecule has 1 fully saturated rings. The van der Waals surface area contributed by atoms with E-state index in [0.29, 0.717) is 19.6 Å². The normalized spacial score (nSPS) is 21.1. The van der Waals surface area contributed by atoms with Gasteiger partial charge in [-0.05, 0) is 20.9 Å². The first-order valence-electron chi connectivity index (χ1n) is 7.62. The molecule has 0 aliphatic carbocycles. The average Bonchev–Trinajstić information content (AvgIpc) is 3.19. The molecule has 0 bridgehead atoms. The van der Waals surface area contributed by atoms with Crippen molar-refractivity contribution in [1.82, 2.24) is 28.7 Å². The van der Waals surface area contributed by atoms with E-state index >= 15 is 0 Å². The number of aromatic amines is 1. The number of rotatable bonds is 4. The molecule has 1 N–H and O–H groups in total. The van der Waals surface area contributed by atoms with Gasteiger partial charge in [-0.2, -0.15) is 4.31 Å². The van der Waals surface area contributed by atoms with Crippen molar-refractivity contribution in [3.05, 3.63) is 30.7 Å². The number of sulfonamides is 1. The monoisotopic (exact) mass is 338 g/mol. The Morgan fingerprint density at radius 1 is 1.30 bits per heavy atom. The summed E-state index contributed by atoms with van der Waals surface area (Å²) in [5, 5.41) is 0.106. The van der Waals surface area contributed by atoms with E-state index in [9.17, 15) is 8.42 Å². The van der Waals surface area contributed by atoms with Gasteiger partial charge >= 0.3 is 0 Å². The zero-order chi connectivity index (χ0) is 16.6. The van der Waals surface area contributed by atoms with Gasteiger partial charge < -0.3 is 9.55 Å². The van der Waals surface area contributed by atoms with E-state index in [0.717, 1.165) is 5.82 Å². The highest BCUT2D eigenvalue weighted by Gasteiger charge is 2.35. The molecule has 1 atom stereocenters. The van der Waals surface area contributed by atoms with Gasteiger partial charge in [0.2, 0.25) is 0 Å². The molecule has 0 aromatic carbocycles. The summed E-state index contributed by atoms with van der Waals surface area (Å²) in [5.41, 5.74) is 0. The lowest BCUT2D eigenvalue weighted by molar-refractivity contribution is 0.142. The minimum absolute atomic E-state index is 0.0827. The fourth-order valence-corrected chi connectivity index (χ4v) is 4.05. The summed E-state index contributed by atoms with van der Waals surface area (Å²) in [6.45, 7) is 5.43. The Hall–Kier alpha value is -1.71. The summed E-state index contributed by atoms with van der Waals surface area (Å²) in [4.78, 5) is 13.5. The van der Waals surface area contributed by atoms with Crippen LogP contribution in [0.3, 0.4) is 0 Å². The first-order valence-corrected chi connectivity index (χ1v) is 9.06. The van der Waals surface area contributed by atoms with Crippen molar-refractivity contribution in [2.24, 2.45) is 0 Å².